The lowest BCUT2D eigenvalue weighted by molar-refractivity contribution is 0.290. The Morgan fingerprint density at radius 1 is 1.29 bits per heavy atom. The molecule has 0 saturated heterocycles. The van der Waals surface area contributed by atoms with Gasteiger partial charge in [-0.2, -0.15) is 0 Å². The summed E-state index contributed by atoms with van der Waals surface area (Å²) in [6.07, 6.45) is 2.83. The number of nitrogens with one attached hydrogen (secondary N) is 2. The number of hydrogen-bond donors (Lipinski definition) is 2. The molecule has 1 unspecified atom stereocenters. The van der Waals surface area contributed by atoms with Crippen LogP contribution in [0.1, 0.15) is 5.56 Å². The van der Waals surface area contributed by atoms with E-state index in [9.17, 15) is 0 Å². The largest absolute Gasteiger partial charge is 0.355 e. The minimum atomic E-state index is 0. The van der Waals surface area contributed by atoms with Crippen LogP contribution in [0, 0.1) is 0 Å². The van der Waals surface area contributed by atoms with Crippen LogP contribution in [0.2, 0.25) is 0 Å². The molecule has 21 heavy (non-hydrogen) atoms. The van der Waals surface area contributed by atoms with Crippen LogP contribution >= 0.6 is 24.0 Å². The third kappa shape index (κ3) is 8.06. The highest BCUT2D eigenvalue weighted by atomic mass is 127. The quantitative estimate of drug-likeness (QED) is 0.318. The molecular weight excluding hydrogens is 375 g/mol. The topological polar surface area (TPSA) is 39.7 Å². The van der Waals surface area contributed by atoms with Gasteiger partial charge in [-0.3, -0.25) is 4.99 Å². The summed E-state index contributed by atoms with van der Waals surface area (Å²) in [5, 5.41) is 6.53. The van der Waals surface area contributed by atoms with Crippen molar-refractivity contribution in [1.82, 2.24) is 15.5 Å². The second kappa shape index (κ2) is 11.6. The molecule has 0 radical (unpaired) electrons. The summed E-state index contributed by atoms with van der Waals surface area (Å²) in [5.41, 5.74) is 1.35. The molecule has 1 atom stereocenters. The summed E-state index contributed by atoms with van der Waals surface area (Å²) >= 11 is 0. The minimum Gasteiger partial charge on any atom is -0.355 e. The van der Waals surface area contributed by atoms with Crippen LogP contribution in [0.25, 0.3) is 0 Å². The van der Waals surface area contributed by atoms with Crippen LogP contribution in [0.4, 0.5) is 0 Å². The SMILES string of the molecule is C=CCNC(=NC)NCC(Cc1ccccc1)N(C)C.I. The number of rotatable bonds is 7. The highest BCUT2D eigenvalue weighted by Gasteiger charge is 2.12. The predicted octanol–water partition coefficient (Wildman–Crippen LogP) is 2.13. The molecule has 4 nitrogen and oxygen atoms in total. The van der Waals surface area contributed by atoms with Gasteiger partial charge in [-0.1, -0.05) is 36.4 Å². The van der Waals surface area contributed by atoms with Crippen LogP contribution in [0.5, 0.6) is 0 Å². The normalized spacial score (nSPS) is 12.5. The Hall–Kier alpha value is -1.08. The fourth-order valence-corrected chi connectivity index (χ4v) is 1.93. The third-order valence-corrected chi connectivity index (χ3v) is 3.19. The summed E-state index contributed by atoms with van der Waals surface area (Å²) in [5.74, 6) is 0.810. The van der Waals surface area contributed by atoms with Crippen molar-refractivity contribution in [2.75, 3.05) is 34.2 Å². The van der Waals surface area contributed by atoms with E-state index in [1.165, 1.54) is 5.56 Å². The van der Waals surface area contributed by atoms with Gasteiger partial charge >= 0.3 is 0 Å². The molecule has 0 aliphatic heterocycles. The zero-order valence-electron chi connectivity index (χ0n) is 13.2. The molecule has 0 amide bonds. The fraction of sp³-hybridized carbons (Fsp3) is 0.438. The molecule has 0 heterocycles. The molecule has 0 spiro atoms. The van der Waals surface area contributed by atoms with Gasteiger partial charge in [0.1, 0.15) is 0 Å². The van der Waals surface area contributed by atoms with Crippen LogP contribution in [-0.2, 0) is 6.42 Å². The molecule has 5 heteroatoms. The molecule has 0 aliphatic rings. The van der Waals surface area contributed by atoms with Crippen LogP contribution in [0.3, 0.4) is 0 Å². The third-order valence-electron chi connectivity index (χ3n) is 3.19. The van der Waals surface area contributed by atoms with E-state index in [0.717, 1.165) is 18.9 Å². The molecule has 0 aromatic heterocycles. The molecular formula is C16H27IN4. The van der Waals surface area contributed by atoms with Crippen molar-refractivity contribution in [3.8, 4) is 0 Å². The summed E-state index contributed by atoms with van der Waals surface area (Å²) in [7, 11) is 5.99. The average molecular weight is 402 g/mol. The maximum Gasteiger partial charge on any atom is 0.191 e. The lowest BCUT2D eigenvalue weighted by Crippen LogP contribution is -2.45. The standard InChI is InChI=1S/C16H26N4.HI/c1-5-11-18-16(17-2)19-13-15(20(3)4)12-14-9-7-6-8-10-14;/h5-10,15H,1,11-13H2,2-4H3,(H2,17,18,19);1H. The van der Waals surface area contributed by atoms with Gasteiger partial charge in [-0.05, 0) is 26.1 Å². The number of nitrogens with zero attached hydrogens (tertiary/aromatic N) is 2. The molecule has 1 aromatic carbocycles. The van der Waals surface area contributed by atoms with E-state index in [-0.39, 0.29) is 24.0 Å². The van der Waals surface area contributed by atoms with Crippen molar-refractivity contribution >= 4 is 29.9 Å². The zero-order chi connectivity index (χ0) is 14.8. The van der Waals surface area contributed by atoms with Crippen LogP contribution in [-0.4, -0.2) is 51.1 Å². The van der Waals surface area contributed by atoms with Gasteiger partial charge in [-0.15, -0.1) is 30.6 Å². The Labute approximate surface area is 145 Å². The van der Waals surface area contributed by atoms with Gasteiger partial charge in [-0.25, -0.2) is 0 Å². The van der Waals surface area contributed by atoms with E-state index in [1.54, 1.807) is 7.05 Å². The molecule has 2 N–H and O–H groups in total. The summed E-state index contributed by atoms with van der Waals surface area (Å²) in [6.45, 7) is 5.25. The lowest BCUT2D eigenvalue weighted by atomic mass is 10.1. The Morgan fingerprint density at radius 3 is 2.48 bits per heavy atom. The maximum absolute atomic E-state index is 4.19. The number of hydrogen-bond acceptors (Lipinski definition) is 2. The molecule has 0 saturated carbocycles. The van der Waals surface area contributed by atoms with Crippen molar-refractivity contribution in [2.24, 2.45) is 4.99 Å². The van der Waals surface area contributed by atoms with Crippen molar-refractivity contribution in [3.63, 3.8) is 0 Å². The van der Waals surface area contributed by atoms with Crippen molar-refractivity contribution in [2.45, 2.75) is 12.5 Å². The number of aliphatic imine (C=N–C) groups is 1. The molecule has 0 aliphatic carbocycles. The number of likely N-dealkylation sites (N-methyl/N-ethyl adjacent to an activating group) is 1. The first-order valence-electron chi connectivity index (χ1n) is 6.93. The van der Waals surface area contributed by atoms with E-state index >= 15 is 0 Å². The zero-order valence-corrected chi connectivity index (χ0v) is 15.5. The molecule has 1 aromatic rings. The predicted molar refractivity (Wildman–Crippen MR) is 103 cm³/mol. The van der Waals surface area contributed by atoms with Gasteiger partial charge in [0.05, 0.1) is 0 Å². The van der Waals surface area contributed by atoms with E-state index in [0.29, 0.717) is 12.6 Å². The highest BCUT2D eigenvalue weighted by molar-refractivity contribution is 14.0. The van der Waals surface area contributed by atoms with E-state index in [4.69, 9.17) is 0 Å². The molecule has 118 valence electrons. The van der Waals surface area contributed by atoms with Crippen molar-refractivity contribution in [1.29, 1.82) is 0 Å². The van der Waals surface area contributed by atoms with Gasteiger partial charge in [0.2, 0.25) is 0 Å². The summed E-state index contributed by atoms with van der Waals surface area (Å²) in [4.78, 5) is 6.43. The number of halogens is 1. The van der Waals surface area contributed by atoms with Gasteiger partial charge in [0.25, 0.3) is 0 Å². The van der Waals surface area contributed by atoms with Crippen LogP contribution < -0.4 is 10.6 Å². The highest BCUT2D eigenvalue weighted by Crippen LogP contribution is 2.06. The first-order valence-corrected chi connectivity index (χ1v) is 6.93. The van der Waals surface area contributed by atoms with Crippen molar-refractivity contribution < 1.29 is 0 Å². The maximum atomic E-state index is 4.19. The Balaban J connectivity index is 0.00000400. The van der Waals surface area contributed by atoms with Gasteiger partial charge < -0.3 is 15.5 Å². The van der Waals surface area contributed by atoms with E-state index < -0.39 is 0 Å². The van der Waals surface area contributed by atoms with E-state index in [2.05, 4.69) is 65.5 Å². The first-order chi connectivity index (χ1) is 9.67. The Morgan fingerprint density at radius 2 is 1.95 bits per heavy atom. The smallest absolute Gasteiger partial charge is 0.191 e. The summed E-state index contributed by atoms with van der Waals surface area (Å²) < 4.78 is 0. The number of guanidine groups is 1. The van der Waals surface area contributed by atoms with Crippen LogP contribution in [0.15, 0.2) is 48.0 Å². The second-order valence-electron chi connectivity index (χ2n) is 4.93. The summed E-state index contributed by atoms with van der Waals surface area (Å²) in [6, 6.07) is 11.0. The Kier molecular flexibility index (Phi) is 11.0. The van der Waals surface area contributed by atoms with Crippen molar-refractivity contribution in [3.05, 3.63) is 48.6 Å². The molecule has 1 rings (SSSR count). The van der Waals surface area contributed by atoms with Gasteiger partial charge in [0.15, 0.2) is 5.96 Å². The lowest BCUT2D eigenvalue weighted by Gasteiger charge is -2.25. The fourth-order valence-electron chi connectivity index (χ4n) is 1.93. The number of benzene rings is 1. The molecule has 0 fully saturated rings. The first kappa shape index (κ1) is 19.9. The average Bonchev–Trinajstić information content (AvgIpc) is 2.47. The Bertz CT molecular complexity index is 418. The van der Waals surface area contributed by atoms with E-state index in [1.807, 2.05) is 12.1 Å². The monoisotopic (exact) mass is 402 g/mol. The molecule has 0 bridgehead atoms. The minimum absolute atomic E-state index is 0. The van der Waals surface area contributed by atoms with Gasteiger partial charge in [0, 0.05) is 26.2 Å². The second-order valence-corrected chi connectivity index (χ2v) is 4.93.